The van der Waals surface area contributed by atoms with Crippen LogP contribution in [0.5, 0.6) is 0 Å². The molecule has 1 rings (SSSR count). The zero-order valence-electron chi connectivity index (χ0n) is 7.29. The lowest BCUT2D eigenvalue weighted by molar-refractivity contribution is 0.243. The summed E-state index contributed by atoms with van der Waals surface area (Å²) < 4.78 is 13.5. The number of nitrogens with one attached hydrogen (secondary N) is 2. The van der Waals surface area contributed by atoms with Crippen LogP contribution in [0, 0.1) is 0 Å². The molecule has 0 aliphatic heterocycles. The molecule has 0 aromatic carbocycles. The van der Waals surface area contributed by atoms with Crippen LogP contribution in [-0.4, -0.2) is 21.9 Å². The summed E-state index contributed by atoms with van der Waals surface area (Å²) in [7, 11) is 0. The Bertz CT molecular complexity index is 171. The van der Waals surface area contributed by atoms with Crippen LogP contribution >= 0.6 is 0 Å². The van der Waals surface area contributed by atoms with Crippen molar-refractivity contribution in [2.75, 3.05) is 0 Å². The second kappa shape index (κ2) is 4.00. The molecule has 70 valence electrons. The third-order valence-corrected chi connectivity index (χ3v) is 2.90. The first-order valence-electron chi connectivity index (χ1n) is 4.07. The van der Waals surface area contributed by atoms with Gasteiger partial charge in [0.2, 0.25) is 0 Å². The molecule has 4 nitrogen and oxygen atoms in total. The summed E-state index contributed by atoms with van der Waals surface area (Å²) in [5, 5.41) is 2.81. The Hall–Kier alpha value is -0.420. The lowest BCUT2D eigenvalue weighted by Gasteiger charge is -2.12. The monoisotopic (exact) mass is 190 g/mol. The van der Waals surface area contributed by atoms with Crippen molar-refractivity contribution >= 4 is 17.4 Å². The quantitative estimate of drug-likeness (QED) is 0.637. The number of carbonyl (C=O) groups excluding carboxylic acids is 1. The van der Waals surface area contributed by atoms with Crippen molar-refractivity contribution in [3.05, 3.63) is 0 Å². The van der Waals surface area contributed by atoms with E-state index in [2.05, 4.69) is 10.0 Å². The van der Waals surface area contributed by atoms with Gasteiger partial charge in [-0.1, -0.05) is 0 Å². The second-order valence-corrected chi connectivity index (χ2v) is 4.69. The first kappa shape index (κ1) is 9.67. The van der Waals surface area contributed by atoms with E-state index < -0.39 is 11.4 Å². The molecule has 0 aromatic rings. The average molecular weight is 190 g/mol. The normalized spacial score (nSPS) is 19.0. The van der Waals surface area contributed by atoms with Gasteiger partial charge in [0.25, 0.3) is 0 Å². The Labute approximate surface area is 75.4 Å². The molecule has 2 amide bonds. The Balaban J connectivity index is 2.15. The smallest absolute Gasteiger partial charge is 0.356 e. The number of carbonyl (C=O) groups is 1. The van der Waals surface area contributed by atoms with Gasteiger partial charge < -0.3 is 9.87 Å². The lowest BCUT2D eigenvalue weighted by atomic mass is 10.4. The third kappa shape index (κ3) is 3.32. The molecule has 1 unspecified atom stereocenters. The van der Waals surface area contributed by atoms with E-state index in [1.807, 2.05) is 13.8 Å². The average Bonchev–Trinajstić information content (AvgIpc) is 2.63. The first-order chi connectivity index (χ1) is 5.59. The molecule has 0 spiro atoms. The maximum atomic E-state index is 11.1. The largest absolute Gasteiger partial charge is 0.593 e. The van der Waals surface area contributed by atoms with E-state index in [0.717, 1.165) is 12.8 Å². The number of hydrogen-bond acceptors (Lipinski definition) is 2. The molecule has 5 heteroatoms. The summed E-state index contributed by atoms with van der Waals surface area (Å²) in [5.74, 6) is 0. The van der Waals surface area contributed by atoms with E-state index in [1.165, 1.54) is 0 Å². The minimum Gasteiger partial charge on any atom is -0.593 e. The molecule has 0 bridgehead atoms. The molecule has 1 fully saturated rings. The molecular formula is C7H14N2O2S. The van der Waals surface area contributed by atoms with Gasteiger partial charge in [-0.25, -0.2) is 4.79 Å². The van der Waals surface area contributed by atoms with Gasteiger partial charge >= 0.3 is 6.03 Å². The van der Waals surface area contributed by atoms with Crippen molar-refractivity contribution in [1.29, 1.82) is 0 Å². The van der Waals surface area contributed by atoms with E-state index in [0.29, 0.717) is 0 Å². The summed E-state index contributed by atoms with van der Waals surface area (Å²) in [5.41, 5.74) is 0. The van der Waals surface area contributed by atoms with Crippen molar-refractivity contribution in [2.45, 2.75) is 38.0 Å². The van der Waals surface area contributed by atoms with Gasteiger partial charge in [-0.15, -0.1) is 0 Å². The molecule has 1 saturated carbocycles. The van der Waals surface area contributed by atoms with Crippen molar-refractivity contribution in [3.8, 4) is 0 Å². The fraction of sp³-hybridized carbons (Fsp3) is 0.857. The van der Waals surface area contributed by atoms with Gasteiger partial charge in [0, 0.05) is 18.9 Å². The van der Waals surface area contributed by atoms with Crippen LogP contribution in [0.15, 0.2) is 0 Å². The maximum Gasteiger partial charge on any atom is 0.356 e. The van der Waals surface area contributed by atoms with Crippen molar-refractivity contribution in [1.82, 2.24) is 10.0 Å². The Morgan fingerprint density at radius 1 is 1.58 bits per heavy atom. The zero-order chi connectivity index (χ0) is 9.14. The molecule has 2 N–H and O–H groups in total. The number of urea groups is 1. The van der Waals surface area contributed by atoms with Crippen LogP contribution in [0.1, 0.15) is 26.7 Å². The highest BCUT2D eigenvalue weighted by atomic mass is 32.2. The number of amides is 2. The topological polar surface area (TPSA) is 64.2 Å². The molecule has 0 heterocycles. The van der Waals surface area contributed by atoms with Crippen molar-refractivity contribution < 1.29 is 9.35 Å². The highest BCUT2D eigenvalue weighted by Gasteiger charge is 2.36. The minimum atomic E-state index is -1.17. The molecule has 12 heavy (non-hydrogen) atoms. The van der Waals surface area contributed by atoms with Gasteiger partial charge in [-0.3, -0.25) is 0 Å². The molecule has 0 aromatic heterocycles. The summed E-state index contributed by atoms with van der Waals surface area (Å²) in [6.45, 7) is 3.72. The van der Waals surface area contributed by atoms with Crippen LogP contribution in [0.25, 0.3) is 0 Å². The standard InChI is InChI=1S/C7H14N2O2S/c1-5(2)8-7(10)9-12(11)6-3-4-6/h5-6H,3-4H2,1-2H3,(H2,8,9,10). The Morgan fingerprint density at radius 2 is 2.17 bits per heavy atom. The fourth-order valence-electron chi connectivity index (χ4n) is 0.748. The van der Waals surface area contributed by atoms with Crippen LogP contribution in [-0.2, 0) is 11.4 Å². The van der Waals surface area contributed by atoms with Gasteiger partial charge in [0.1, 0.15) is 5.25 Å². The molecule has 0 saturated heterocycles. The van der Waals surface area contributed by atoms with Crippen LogP contribution in [0.3, 0.4) is 0 Å². The van der Waals surface area contributed by atoms with Gasteiger partial charge in [-0.2, -0.15) is 4.72 Å². The highest BCUT2D eigenvalue weighted by Crippen LogP contribution is 2.27. The van der Waals surface area contributed by atoms with E-state index in [1.54, 1.807) is 0 Å². The Kier molecular flexibility index (Phi) is 3.22. The predicted octanol–water partition coefficient (Wildman–Crippen LogP) is 0.520. The number of hydrogen-bond donors (Lipinski definition) is 2. The lowest BCUT2D eigenvalue weighted by Crippen LogP contribution is -2.43. The fourth-order valence-corrected chi connectivity index (χ4v) is 1.72. The van der Waals surface area contributed by atoms with Crippen LogP contribution < -0.4 is 10.0 Å². The highest BCUT2D eigenvalue weighted by molar-refractivity contribution is 7.90. The molecular weight excluding hydrogens is 176 g/mol. The maximum absolute atomic E-state index is 11.1. The Morgan fingerprint density at radius 3 is 2.58 bits per heavy atom. The summed E-state index contributed by atoms with van der Waals surface area (Å²) >= 11 is -1.17. The van der Waals surface area contributed by atoms with Crippen LogP contribution in [0.4, 0.5) is 4.79 Å². The van der Waals surface area contributed by atoms with E-state index in [-0.39, 0.29) is 17.3 Å². The van der Waals surface area contributed by atoms with E-state index in [4.69, 9.17) is 0 Å². The first-order valence-corrected chi connectivity index (χ1v) is 5.28. The minimum absolute atomic E-state index is 0.0844. The summed E-state index contributed by atoms with van der Waals surface area (Å²) in [4.78, 5) is 11.0. The van der Waals surface area contributed by atoms with E-state index in [9.17, 15) is 9.35 Å². The van der Waals surface area contributed by atoms with Gasteiger partial charge in [0.15, 0.2) is 0 Å². The third-order valence-electron chi connectivity index (χ3n) is 1.44. The number of rotatable bonds is 3. The van der Waals surface area contributed by atoms with Gasteiger partial charge in [-0.05, 0) is 13.8 Å². The SMILES string of the molecule is CC(C)NC(=O)N[S+]([O-])C1CC1. The van der Waals surface area contributed by atoms with Crippen LogP contribution in [0.2, 0.25) is 0 Å². The van der Waals surface area contributed by atoms with Crippen molar-refractivity contribution in [2.24, 2.45) is 0 Å². The van der Waals surface area contributed by atoms with E-state index >= 15 is 0 Å². The zero-order valence-corrected chi connectivity index (χ0v) is 8.11. The molecule has 1 aliphatic carbocycles. The predicted molar refractivity (Wildman–Crippen MR) is 48.0 cm³/mol. The summed E-state index contributed by atoms with van der Waals surface area (Å²) in [6.07, 6.45) is 1.93. The molecule has 1 aliphatic rings. The second-order valence-electron chi connectivity index (χ2n) is 3.23. The molecule has 0 radical (unpaired) electrons. The molecule has 1 atom stereocenters. The van der Waals surface area contributed by atoms with Gasteiger partial charge in [0.05, 0.1) is 11.4 Å². The summed E-state index contributed by atoms with van der Waals surface area (Å²) in [6, 6.07) is -0.253. The van der Waals surface area contributed by atoms with Crippen molar-refractivity contribution in [3.63, 3.8) is 0 Å².